The van der Waals surface area contributed by atoms with Gasteiger partial charge in [-0.25, -0.2) is 4.79 Å². The number of nitrogens with zero attached hydrogens (tertiary/aromatic N) is 2. The summed E-state index contributed by atoms with van der Waals surface area (Å²) in [6.45, 7) is 1.79. The molecule has 8 heteroatoms. The lowest BCUT2D eigenvalue weighted by Crippen LogP contribution is -2.49. The SMILES string of the molecule is [2H]N[C@@H](Cc1ccc(N(CCCl)CCCl)cc1)C(=O)N1CCC[C@H]1C(=O)O. The van der Waals surface area contributed by atoms with Crippen molar-refractivity contribution in [2.45, 2.75) is 31.3 Å². The average molecular weight is 403 g/mol. The highest BCUT2D eigenvalue weighted by atomic mass is 35.5. The van der Waals surface area contributed by atoms with Crippen LogP contribution in [0.2, 0.25) is 1.41 Å². The van der Waals surface area contributed by atoms with Crippen molar-refractivity contribution in [3.8, 4) is 0 Å². The van der Waals surface area contributed by atoms with E-state index in [0.717, 1.165) is 11.3 Å². The number of anilines is 1. The molecule has 6 nitrogen and oxygen atoms in total. The van der Waals surface area contributed by atoms with Crippen LogP contribution < -0.4 is 10.6 Å². The number of carbonyl (C=O) groups excluding carboxylic acids is 1. The summed E-state index contributed by atoms with van der Waals surface area (Å²) >= 11 is 11.7. The number of carbonyl (C=O) groups is 2. The van der Waals surface area contributed by atoms with E-state index in [-0.39, 0.29) is 5.91 Å². The number of carboxylic acid groups (broad SMARTS) is 1. The first-order valence-corrected chi connectivity index (χ1v) is 9.75. The molecule has 1 saturated heterocycles. The van der Waals surface area contributed by atoms with Crippen molar-refractivity contribution < 1.29 is 16.1 Å². The van der Waals surface area contributed by atoms with Gasteiger partial charge in [-0.05, 0) is 37.0 Å². The predicted octanol–water partition coefficient (Wildman–Crippen LogP) is 1.92. The molecular weight excluding hydrogens is 377 g/mol. The number of alkyl halides is 2. The van der Waals surface area contributed by atoms with Crippen LogP contribution in [0.4, 0.5) is 5.69 Å². The summed E-state index contributed by atoms with van der Waals surface area (Å²) in [5, 5.41) is 9.26. The first-order chi connectivity index (χ1) is 13.0. The van der Waals surface area contributed by atoms with Crippen molar-refractivity contribution in [1.82, 2.24) is 4.90 Å². The number of hydrogen-bond donors (Lipinski definition) is 2. The van der Waals surface area contributed by atoms with Gasteiger partial charge in [0.2, 0.25) is 5.91 Å². The van der Waals surface area contributed by atoms with Crippen molar-refractivity contribution in [3.05, 3.63) is 29.8 Å². The van der Waals surface area contributed by atoms with E-state index in [2.05, 4.69) is 10.6 Å². The van der Waals surface area contributed by atoms with Gasteiger partial charge in [-0.15, -0.1) is 23.2 Å². The molecule has 1 aliphatic rings. The first-order valence-electron chi connectivity index (χ1n) is 9.18. The molecule has 0 aliphatic carbocycles. The van der Waals surface area contributed by atoms with Gasteiger partial charge in [0, 0.05) is 37.1 Å². The van der Waals surface area contributed by atoms with Crippen LogP contribution in [0.1, 0.15) is 18.4 Å². The molecule has 144 valence electrons. The van der Waals surface area contributed by atoms with Gasteiger partial charge in [-0.2, -0.15) is 0 Å². The highest BCUT2D eigenvalue weighted by molar-refractivity contribution is 6.18. The highest BCUT2D eigenvalue weighted by Crippen LogP contribution is 2.20. The molecule has 1 heterocycles. The quantitative estimate of drug-likeness (QED) is 0.583. The molecule has 2 atom stereocenters. The monoisotopic (exact) mass is 402 g/mol. The zero-order chi connectivity index (χ0) is 19.8. The Hall–Kier alpha value is -1.50. The van der Waals surface area contributed by atoms with Crippen molar-refractivity contribution in [1.29, 1.82) is 0 Å². The van der Waals surface area contributed by atoms with Gasteiger partial charge in [0.05, 0.1) is 6.04 Å². The van der Waals surface area contributed by atoms with E-state index >= 15 is 0 Å². The Labute approximate surface area is 165 Å². The van der Waals surface area contributed by atoms with Gasteiger partial charge in [0.15, 0.2) is 0 Å². The van der Waals surface area contributed by atoms with E-state index in [0.29, 0.717) is 50.7 Å². The van der Waals surface area contributed by atoms with Crippen LogP contribution in [0.3, 0.4) is 0 Å². The fourth-order valence-electron chi connectivity index (χ4n) is 3.23. The molecule has 0 unspecified atom stereocenters. The topological polar surface area (TPSA) is 86.9 Å². The molecule has 2 rings (SSSR count). The normalized spacial score (nSPS) is 18.5. The van der Waals surface area contributed by atoms with Crippen LogP contribution in [0, 0.1) is 0 Å². The lowest BCUT2D eigenvalue weighted by Gasteiger charge is -2.25. The molecule has 1 fully saturated rings. The molecule has 26 heavy (non-hydrogen) atoms. The van der Waals surface area contributed by atoms with Gasteiger partial charge in [0.1, 0.15) is 7.45 Å². The minimum Gasteiger partial charge on any atom is -0.480 e. The van der Waals surface area contributed by atoms with Crippen LogP contribution in [0.25, 0.3) is 0 Å². The smallest absolute Gasteiger partial charge is 0.326 e. The number of carboxylic acids is 1. The summed E-state index contributed by atoms with van der Waals surface area (Å²) in [5.41, 5.74) is 4.17. The maximum Gasteiger partial charge on any atom is 0.326 e. The van der Waals surface area contributed by atoms with E-state index in [1.807, 2.05) is 24.3 Å². The molecule has 0 aromatic heterocycles. The second-order valence-corrected chi connectivity index (χ2v) is 7.07. The summed E-state index contributed by atoms with van der Waals surface area (Å²) in [5.74, 6) is -0.339. The third-order valence-electron chi connectivity index (χ3n) is 4.57. The molecule has 3 N–H and O–H groups in total. The van der Waals surface area contributed by atoms with E-state index < -0.39 is 18.1 Å². The van der Waals surface area contributed by atoms with Crippen molar-refractivity contribution in [2.75, 3.05) is 36.3 Å². The number of nitrogens with two attached hydrogens (primary N) is 1. The molecule has 1 aromatic carbocycles. The fourth-order valence-corrected chi connectivity index (χ4v) is 3.64. The lowest BCUT2D eigenvalue weighted by atomic mass is 10.0. The average Bonchev–Trinajstić information content (AvgIpc) is 3.16. The maximum absolute atomic E-state index is 12.7. The molecule has 1 aliphatic heterocycles. The van der Waals surface area contributed by atoms with E-state index in [4.69, 9.17) is 24.6 Å². The fraction of sp³-hybridized carbons (Fsp3) is 0.556. The Kier molecular flexibility index (Phi) is 7.41. The molecule has 1 amide bonds. The van der Waals surface area contributed by atoms with Gasteiger partial charge < -0.3 is 20.6 Å². The van der Waals surface area contributed by atoms with Crippen molar-refractivity contribution >= 4 is 40.8 Å². The third kappa shape index (κ3) is 5.25. The summed E-state index contributed by atoms with van der Waals surface area (Å²) in [4.78, 5) is 27.4. The van der Waals surface area contributed by atoms with Crippen LogP contribution in [0.5, 0.6) is 0 Å². The Morgan fingerprint density at radius 1 is 1.31 bits per heavy atom. The molecule has 0 saturated carbocycles. The number of aliphatic carboxylic acids is 1. The van der Waals surface area contributed by atoms with Crippen LogP contribution in [0.15, 0.2) is 24.3 Å². The molecule has 0 bridgehead atoms. The first kappa shape index (κ1) is 19.3. The zero-order valence-corrected chi connectivity index (χ0v) is 16.0. The summed E-state index contributed by atoms with van der Waals surface area (Å²) in [6.07, 6.45) is 1.44. The Bertz CT molecular complexity index is 627. The third-order valence-corrected chi connectivity index (χ3v) is 4.91. The van der Waals surface area contributed by atoms with Crippen LogP contribution in [-0.4, -0.2) is 65.4 Å². The van der Waals surface area contributed by atoms with E-state index in [1.54, 1.807) is 0 Å². The second kappa shape index (κ2) is 10.00. The van der Waals surface area contributed by atoms with Crippen molar-refractivity contribution in [3.63, 3.8) is 0 Å². The van der Waals surface area contributed by atoms with Crippen LogP contribution >= 0.6 is 23.2 Å². The maximum atomic E-state index is 12.7. The van der Waals surface area contributed by atoms with Gasteiger partial charge in [0.25, 0.3) is 0 Å². The predicted molar refractivity (Wildman–Crippen MR) is 104 cm³/mol. The lowest BCUT2D eigenvalue weighted by molar-refractivity contribution is -0.148. The minimum atomic E-state index is -0.993. The molecule has 0 radical (unpaired) electrons. The van der Waals surface area contributed by atoms with E-state index in [9.17, 15) is 14.7 Å². The number of amides is 1. The van der Waals surface area contributed by atoms with Gasteiger partial charge in [-0.3, -0.25) is 4.79 Å². The zero-order valence-electron chi connectivity index (χ0n) is 15.5. The summed E-state index contributed by atoms with van der Waals surface area (Å²) in [6, 6.07) is 6.11. The van der Waals surface area contributed by atoms with Gasteiger partial charge in [-0.1, -0.05) is 12.1 Å². The number of likely N-dealkylation sites (tertiary alicyclic amines) is 1. The summed E-state index contributed by atoms with van der Waals surface area (Å²) < 4.78 is 7.51. The van der Waals surface area contributed by atoms with Crippen molar-refractivity contribution in [2.24, 2.45) is 5.73 Å². The largest absolute Gasteiger partial charge is 0.480 e. The highest BCUT2D eigenvalue weighted by Gasteiger charge is 2.35. The van der Waals surface area contributed by atoms with Crippen LogP contribution in [-0.2, 0) is 16.0 Å². The van der Waals surface area contributed by atoms with E-state index in [1.165, 1.54) is 4.90 Å². The second-order valence-electron chi connectivity index (χ2n) is 6.32. The molecule has 0 spiro atoms. The number of benzene rings is 1. The number of hydrogen-bond acceptors (Lipinski definition) is 4. The van der Waals surface area contributed by atoms with Gasteiger partial charge >= 0.3 is 5.97 Å². The number of halogens is 2. The molecule has 1 aromatic rings. The Balaban J connectivity index is 2.05. The summed E-state index contributed by atoms with van der Waals surface area (Å²) in [7, 11) is 0. The standard InChI is InChI=1S/C18H25Cl2N3O3/c19-7-10-22(11-8-20)14-5-3-13(4-6-14)12-15(21)17(24)23-9-1-2-16(23)18(25)26/h3-6,15-16H,1-2,7-12,21H2,(H,25,26)/t15-,16-/m0/s1/i/hD. The Morgan fingerprint density at radius 2 is 1.96 bits per heavy atom. The Morgan fingerprint density at radius 3 is 2.50 bits per heavy atom. The number of rotatable bonds is 10. The minimum absolute atomic E-state index is 0.316. The molecular formula is C18H25Cl2N3O3.